The van der Waals surface area contributed by atoms with Crippen LogP contribution in [0.5, 0.6) is 5.75 Å². The van der Waals surface area contributed by atoms with Crippen LogP contribution < -0.4 is 10.3 Å². The van der Waals surface area contributed by atoms with Gasteiger partial charge in [0, 0.05) is 22.2 Å². The predicted octanol–water partition coefficient (Wildman–Crippen LogP) is 3.79. The third-order valence-corrected chi connectivity index (χ3v) is 4.52. The molecule has 6 nitrogen and oxygen atoms in total. The van der Waals surface area contributed by atoms with Gasteiger partial charge in [-0.05, 0) is 37.3 Å². The second-order valence-corrected chi connectivity index (χ2v) is 6.18. The van der Waals surface area contributed by atoms with Crippen molar-refractivity contribution in [2.24, 2.45) is 0 Å². The smallest absolute Gasteiger partial charge is 0.259 e. The zero-order valence-electron chi connectivity index (χ0n) is 14.8. The number of benzene rings is 2. The van der Waals surface area contributed by atoms with Crippen LogP contribution >= 0.6 is 0 Å². The molecule has 6 heteroatoms. The Balaban J connectivity index is 1.90. The number of para-hydroxylation sites is 1. The molecule has 0 amide bonds. The van der Waals surface area contributed by atoms with E-state index < -0.39 is 0 Å². The van der Waals surface area contributed by atoms with Crippen LogP contribution in [0.1, 0.15) is 17.1 Å². The zero-order valence-corrected chi connectivity index (χ0v) is 14.8. The van der Waals surface area contributed by atoms with Crippen molar-refractivity contribution in [3.05, 3.63) is 69.9 Å². The summed E-state index contributed by atoms with van der Waals surface area (Å²) in [4.78, 5) is 22.9. The van der Waals surface area contributed by atoms with Crippen LogP contribution in [0.15, 0.2) is 47.3 Å². The summed E-state index contributed by atoms with van der Waals surface area (Å²) in [7, 11) is 1.54. The van der Waals surface area contributed by atoms with E-state index in [0.717, 1.165) is 22.2 Å². The third-order valence-electron chi connectivity index (χ3n) is 4.52. The first-order valence-corrected chi connectivity index (χ1v) is 8.38. The highest BCUT2D eigenvalue weighted by Gasteiger charge is 2.12. The van der Waals surface area contributed by atoms with Crippen molar-refractivity contribution in [1.29, 1.82) is 5.26 Å². The number of methoxy groups -OCH3 is 1. The summed E-state index contributed by atoms with van der Waals surface area (Å²) >= 11 is 0. The normalized spacial score (nSPS) is 11.7. The van der Waals surface area contributed by atoms with E-state index in [9.17, 15) is 10.1 Å². The van der Waals surface area contributed by atoms with E-state index in [4.69, 9.17) is 4.74 Å². The van der Waals surface area contributed by atoms with Crippen LogP contribution in [0.25, 0.3) is 33.5 Å². The number of H-pyrrole nitrogens is 2. The lowest BCUT2D eigenvalue weighted by Crippen LogP contribution is -2.11. The molecule has 0 aliphatic rings. The number of fused-ring (bicyclic) bond motifs is 2. The number of aromatic amines is 2. The zero-order chi connectivity index (χ0) is 19.0. The minimum Gasteiger partial charge on any atom is -0.497 e. The van der Waals surface area contributed by atoms with Gasteiger partial charge in [-0.3, -0.25) is 4.79 Å². The maximum atomic E-state index is 12.5. The highest BCUT2D eigenvalue weighted by atomic mass is 16.5. The lowest BCUT2D eigenvalue weighted by Gasteiger charge is -2.04. The predicted molar refractivity (Wildman–Crippen MR) is 105 cm³/mol. The molecule has 2 aromatic heterocycles. The van der Waals surface area contributed by atoms with Gasteiger partial charge in [-0.2, -0.15) is 5.26 Å². The molecule has 0 bridgehead atoms. The number of aromatic nitrogens is 3. The van der Waals surface area contributed by atoms with Gasteiger partial charge in [-0.25, -0.2) is 4.98 Å². The largest absolute Gasteiger partial charge is 0.497 e. The maximum absolute atomic E-state index is 12.5. The molecular formula is C21H16N4O2. The van der Waals surface area contributed by atoms with Crippen LogP contribution in [-0.2, 0) is 0 Å². The fourth-order valence-corrected chi connectivity index (χ4v) is 3.15. The van der Waals surface area contributed by atoms with Crippen LogP contribution in [0.4, 0.5) is 0 Å². The van der Waals surface area contributed by atoms with E-state index in [0.29, 0.717) is 16.7 Å². The molecule has 4 rings (SSSR count). The van der Waals surface area contributed by atoms with Gasteiger partial charge in [0.15, 0.2) is 5.82 Å². The standard InChI is InChI=1S/C21H16N4O2/c1-12-16(15-5-3-4-6-18(15)23-12)9-13(11-22)20-24-19-8-7-14(27-2)10-17(19)21(26)25-20/h3-10,23H,1-2H3,(H,24,25,26). The first kappa shape index (κ1) is 16.6. The Bertz CT molecular complexity index is 1310. The molecule has 132 valence electrons. The number of aryl methyl sites for hydroxylation is 1. The van der Waals surface area contributed by atoms with Crippen LogP contribution in [0.3, 0.4) is 0 Å². The second kappa shape index (κ2) is 6.46. The Labute approximate surface area is 154 Å². The van der Waals surface area contributed by atoms with Crippen molar-refractivity contribution in [2.75, 3.05) is 7.11 Å². The fourth-order valence-electron chi connectivity index (χ4n) is 3.15. The first-order valence-electron chi connectivity index (χ1n) is 8.38. The molecule has 0 saturated carbocycles. The molecule has 4 aromatic rings. The fraction of sp³-hybridized carbons (Fsp3) is 0.0952. The van der Waals surface area contributed by atoms with Gasteiger partial charge in [0.2, 0.25) is 0 Å². The third kappa shape index (κ3) is 2.85. The number of rotatable bonds is 3. The average Bonchev–Trinajstić information content (AvgIpc) is 3.00. The topological polar surface area (TPSA) is 94.6 Å². The first-order chi connectivity index (χ1) is 13.1. The maximum Gasteiger partial charge on any atom is 0.259 e. The lowest BCUT2D eigenvalue weighted by atomic mass is 10.1. The van der Waals surface area contributed by atoms with Crippen molar-refractivity contribution in [2.45, 2.75) is 6.92 Å². The van der Waals surface area contributed by atoms with Gasteiger partial charge in [-0.1, -0.05) is 18.2 Å². The summed E-state index contributed by atoms with van der Waals surface area (Å²) in [5.74, 6) is 0.817. The second-order valence-electron chi connectivity index (χ2n) is 6.18. The van der Waals surface area contributed by atoms with Crippen molar-refractivity contribution < 1.29 is 4.74 Å². The van der Waals surface area contributed by atoms with Crippen LogP contribution in [0.2, 0.25) is 0 Å². The Hall–Kier alpha value is -3.85. The quantitative estimate of drug-likeness (QED) is 0.546. The van der Waals surface area contributed by atoms with Gasteiger partial charge in [-0.15, -0.1) is 0 Å². The monoisotopic (exact) mass is 356 g/mol. The molecule has 0 saturated heterocycles. The summed E-state index contributed by atoms with van der Waals surface area (Å²) in [6.45, 7) is 1.95. The average molecular weight is 356 g/mol. The Morgan fingerprint density at radius 2 is 2.00 bits per heavy atom. The summed E-state index contributed by atoms with van der Waals surface area (Å²) < 4.78 is 5.15. The van der Waals surface area contributed by atoms with Crippen molar-refractivity contribution in [3.63, 3.8) is 0 Å². The number of hydrogen-bond acceptors (Lipinski definition) is 4. The molecule has 0 spiro atoms. The van der Waals surface area contributed by atoms with Gasteiger partial charge < -0.3 is 14.7 Å². The van der Waals surface area contributed by atoms with Crippen LogP contribution in [-0.4, -0.2) is 22.1 Å². The van der Waals surface area contributed by atoms with Gasteiger partial charge >= 0.3 is 0 Å². The van der Waals surface area contributed by atoms with Gasteiger partial charge in [0.1, 0.15) is 11.8 Å². The van der Waals surface area contributed by atoms with E-state index in [2.05, 4.69) is 21.0 Å². The molecule has 2 heterocycles. The highest BCUT2D eigenvalue weighted by Crippen LogP contribution is 2.26. The number of nitriles is 1. The number of nitrogens with one attached hydrogen (secondary N) is 2. The van der Waals surface area contributed by atoms with E-state index in [1.54, 1.807) is 24.3 Å². The van der Waals surface area contributed by atoms with E-state index >= 15 is 0 Å². The molecule has 0 fully saturated rings. The Morgan fingerprint density at radius 3 is 2.78 bits per heavy atom. The Kier molecular flexibility index (Phi) is 3.98. The molecule has 2 aromatic carbocycles. The molecule has 27 heavy (non-hydrogen) atoms. The van der Waals surface area contributed by atoms with Gasteiger partial charge in [0.05, 0.1) is 23.6 Å². The summed E-state index contributed by atoms with van der Waals surface area (Å²) in [5, 5.41) is 11.1. The van der Waals surface area contributed by atoms with Crippen molar-refractivity contribution >= 4 is 33.5 Å². The molecular weight excluding hydrogens is 340 g/mol. The molecule has 0 radical (unpaired) electrons. The van der Waals surface area contributed by atoms with Crippen molar-refractivity contribution in [3.8, 4) is 11.8 Å². The molecule has 0 aliphatic carbocycles. The summed E-state index contributed by atoms with van der Waals surface area (Å²) in [6.07, 6.45) is 1.75. The summed E-state index contributed by atoms with van der Waals surface area (Å²) in [5.41, 5.74) is 3.32. The number of nitrogens with zero attached hydrogens (tertiary/aromatic N) is 2. The molecule has 0 unspecified atom stereocenters. The molecule has 0 aliphatic heterocycles. The SMILES string of the molecule is COc1ccc2nc(C(C#N)=Cc3c(C)[nH]c4ccccc34)[nH]c(=O)c2c1. The molecule has 0 atom stereocenters. The number of ether oxygens (including phenoxy) is 1. The van der Waals surface area contributed by atoms with E-state index in [-0.39, 0.29) is 17.0 Å². The lowest BCUT2D eigenvalue weighted by molar-refractivity contribution is 0.415. The minimum atomic E-state index is -0.314. The Morgan fingerprint density at radius 1 is 1.19 bits per heavy atom. The molecule has 2 N–H and O–H groups in total. The number of allylic oxidation sites excluding steroid dienone is 1. The highest BCUT2D eigenvalue weighted by molar-refractivity contribution is 5.98. The van der Waals surface area contributed by atoms with E-state index in [1.807, 2.05) is 31.2 Å². The van der Waals surface area contributed by atoms with Crippen molar-refractivity contribution in [1.82, 2.24) is 15.0 Å². The van der Waals surface area contributed by atoms with E-state index in [1.165, 1.54) is 7.11 Å². The number of hydrogen-bond donors (Lipinski definition) is 2. The summed E-state index contributed by atoms with van der Waals surface area (Å²) in [6, 6.07) is 15.1. The van der Waals surface area contributed by atoms with Crippen LogP contribution in [0, 0.1) is 18.3 Å². The minimum absolute atomic E-state index is 0.241. The van der Waals surface area contributed by atoms with Gasteiger partial charge in [0.25, 0.3) is 5.56 Å².